The summed E-state index contributed by atoms with van der Waals surface area (Å²) >= 11 is 0. The molecule has 0 aliphatic rings. The van der Waals surface area contributed by atoms with Crippen LogP contribution in [0.2, 0.25) is 0 Å². The van der Waals surface area contributed by atoms with Crippen molar-refractivity contribution in [1.82, 2.24) is 4.98 Å². The predicted molar refractivity (Wildman–Crippen MR) is 66.7 cm³/mol. The summed E-state index contributed by atoms with van der Waals surface area (Å²) in [6, 6.07) is 8.32. The highest BCUT2D eigenvalue weighted by Gasteiger charge is 2.13. The second-order valence-electron chi connectivity index (χ2n) is 3.53. The average molecular weight is 231 g/mol. The molecule has 0 aliphatic carbocycles. The lowest BCUT2D eigenvalue weighted by Crippen LogP contribution is -2.01. The summed E-state index contributed by atoms with van der Waals surface area (Å²) in [5, 5.41) is 9.77. The Morgan fingerprint density at radius 3 is 2.59 bits per heavy atom. The van der Waals surface area contributed by atoms with Crippen molar-refractivity contribution < 1.29 is 9.84 Å². The molecule has 88 valence electrons. The highest BCUT2D eigenvalue weighted by atomic mass is 16.5. The summed E-state index contributed by atoms with van der Waals surface area (Å²) in [6.45, 7) is 0. The van der Waals surface area contributed by atoms with Gasteiger partial charge in [-0.15, -0.1) is 0 Å². The van der Waals surface area contributed by atoms with E-state index in [1.165, 1.54) is 7.11 Å². The fourth-order valence-electron chi connectivity index (χ4n) is 1.53. The Morgan fingerprint density at radius 1 is 1.24 bits per heavy atom. The van der Waals surface area contributed by atoms with E-state index in [9.17, 15) is 5.11 Å². The van der Waals surface area contributed by atoms with Gasteiger partial charge in [0.2, 0.25) is 5.88 Å². The maximum atomic E-state index is 9.77. The molecule has 2 aromatic rings. The molecule has 5 nitrogen and oxygen atoms in total. The van der Waals surface area contributed by atoms with Crippen molar-refractivity contribution in [3.8, 4) is 22.9 Å². The molecule has 0 saturated heterocycles. The highest BCUT2D eigenvalue weighted by molar-refractivity contribution is 5.84. The number of nitrogen functional groups attached to an aromatic ring is 2. The van der Waals surface area contributed by atoms with E-state index in [4.69, 9.17) is 16.2 Å². The maximum absolute atomic E-state index is 9.77. The van der Waals surface area contributed by atoms with Crippen LogP contribution in [0.1, 0.15) is 0 Å². The average Bonchev–Trinajstić information content (AvgIpc) is 2.33. The van der Waals surface area contributed by atoms with Crippen molar-refractivity contribution in [2.24, 2.45) is 0 Å². The zero-order valence-corrected chi connectivity index (χ0v) is 9.34. The van der Waals surface area contributed by atoms with E-state index in [1.54, 1.807) is 30.3 Å². The van der Waals surface area contributed by atoms with Crippen molar-refractivity contribution in [1.29, 1.82) is 0 Å². The van der Waals surface area contributed by atoms with Crippen molar-refractivity contribution in [3.63, 3.8) is 0 Å². The first-order valence-electron chi connectivity index (χ1n) is 5.02. The molecule has 2 rings (SSSR count). The molecule has 0 fully saturated rings. The largest absolute Gasteiger partial charge is 0.507 e. The van der Waals surface area contributed by atoms with E-state index in [-0.39, 0.29) is 5.75 Å². The molecule has 0 amide bonds. The number of phenolic OH excluding ortho intramolecular Hbond substituents is 1. The molecule has 0 spiro atoms. The number of anilines is 2. The van der Waals surface area contributed by atoms with Gasteiger partial charge in [-0.25, -0.2) is 4.98 Å². The van der Waals surface area contributed by atoms with Crippen LogP contribution in [0.25, 0.3) is 11.3 Å². The van der Waals surface area contributed by atoms with Gasteiger partial charge >= 0.3 is 0 Å². The third-order valence-corrected chi connectivity index (χ3v) is 2.44. The van der Waals surface area contributed by atoms with Crippen LogP contribution >= 0.6 is 0 Å². The van der Waals surface area contributed by atoms with Gasteiger partial charge in [0.1, 0.15) is 11.4 Å². The van der Waals surface area contributed by atoms with Crippen LogP contribution in [0, 0.1) is 0 Å². The van der Waals surface area contributed by atoms with Crippen molar-refractivity contribution >= 4 is 11.4 Å². The monoisotopic (exact) mass is 231 g/mol. The van der Waals surface area contributed by atoms with E-state index in [1.807, 2.05) is 0 Å². The Hall–Kier alpha value is -2.43. The lowest BCUT2D eigenvalue weighted by atomic mass is 10.1. The van der Waals surface area contributed by atoms with Gasteiger partial charge < -0.3 is 21.3 Å². The number of para-hydroxylation sites is 1. The first-order chi connectivity index (χ1) is 8.13. The standard InChI is InChI=1S/C12H13N3O2/c1-17-10-6-8(13)11(14)12(15-10)7-4-2-3-5-9(7)16/h2-6,16H,14H2,1H3,(H2,13,15). The quantitative estimate of drug-likeness (QED) is 0.730. The second kappa shape index (κ2) is 4.21. The molecule has 5 N–H and O–H groups in total. The SMILES string of the molecule is COc1cc(N)c(N)c(-c2ccccc2O)n1. The van der Waals surface area contributed by atoms with E-state index in [2.05, 4.69) is 4.98 Å². The van der Waals surface area contributed by atoms with E-state index >= 15 is 0 Å². The number of aromatic nitrogens is 1. The summed E-state index contributed by atoms with van der Waals surface area (Å²) in [6.07, 6.45) is 0. The summed E-state index contributed by atoms with van der Waals surface area (Å²) in [4.78, 5) is 4.20. The second-order valence-corrected chi connectivity index (χ2v) is 3.53. The molecule has 17 heavy (non-hydrogen) atoms. The number of phenols is 1. The zero-order valence-electron chi connectivity index (χ0n) is 9.34. The minimum Gasteiger partial charge on any atom is -0.507 e. The topological polar surface area (TPSA) is 94.4 Å². The van der Waals surface area contributed by atoms with Gasteiger partial charge in [0.15, 0.2) is 0 Å². The van der Waals surface area contributed by atoms with E-state index in [0.29, 0.717) is 28.5 Å². The molecule has 0 atom stereocenters. The normalized spacial score (nSPS) is 10.2. The van der Waals surface area contributed by atoms with E-state index in [0.717, 1.165) is 0 Å². The predicted octanol–water partition coefficient (Wildman–Crippen LogP) is 1.63. The van der Waals surface area contributed by atoms with Gasteiger partial charge in [0, 0.05) is 11.6 Å². The molecule has 0 bridgehead atoms. The molecule has 1 aromatic heterocycles. The molecular formula is C12H13N3O2. The van der Waals surface area contributed by atoms with Gasteiger partial charge in [-0.1, -0.05) is 12.1 Å². The molecule has 0 unspecified atom stereocenters. The number of benzene rings is 1. The van der Waals surface area contributed by atoms with Crippen molar-refractivity contribution in [2.75, 3.05) is 18.6 Å². The molecule has 1 aromatic carbocycles. The lowest BCUT2D eigenvalue weighted by Gasteiger charge is -2.11. The van der Waals surface area contributed by atoms with Crippen LogP contribution in [-0.2, 0) is 0 Å². The number of ether oxygens (including phenoxy) is 1. The first-order valence-corrected chi connectivity index (χ1v) is 5.02. The third kappa shape index (κ3) is 1.94. The van der Waals surface area contributed by atoms with Gasteiger partial charge in [0.25, 0.3) is 0 Å². The number of nitrogens with zero attached hydrogens (tertiary/aromatic N) is 1. The summed E-state index contributed by atoms with van der Waals surface area (Å²) in [5.41, 5.74) is 13.2. The Bertz CT molecular complexity index is 555. The van der Waals surface area contributed by atoms with Crippen LogP contribution in [0.15, 0.2) is 30.3 Å². The Labute approximate surface area is 98.7 Å². The summed E-state index contributed by atoms with van der Waals surface area (Å²) in [7, 11) is 1.49. The molecule has 0 aliphatic heterocycles. The van der Waals surface area contributed by atoms with Crippen LogP contribution in [0.4, 0.5) is 11.4 Å². The maximum Gasteiger partial charge on any atom is 0.215 e. The minimum absolute atomic E-state index is 0.0966. The Morgan fingerprint density at radius 2 is 1.94 bits per heavy atom. The molecular weight excluding hydrogens is 218 g/mol. The molecule has 0 saturated carbocycles. The lowest BCUT2D eigenvalue weighted by molar-refractivity contribution is 0.398. The molecule has 5 heteroatoms. The van der Waals surface area contributed by atoms with Crippen LogP contribution in [0.5, 0.6) is 11.6 Å². The van der Waals surface area contributed by atoms with Crippen LogP contribution < -0.4 is 16.2 Å². The number of pyridine rings is 1. The van der Waals surface area contributed by atoms with Gasteiger partial charge in [0.05, 0.1) is 18.5 Å². The number of nitrogens with two attached hydrogens (primary N) is 2. The highest BCUT2D eigenvalue weighted by Crippen LogP contribution is 2.35. The molecule has 0 radical (unpaired) electrons. The smallest absolute Gasteiger partial charge is 0.215 e. The van der Waals surface area contributed by atoms with Crippen LogP contribution in [-0.4, -0.2) is 17.2 Å². The fraction of sp³-hybridized carbons (Fsp3) is 0.0833. The molecule has 1 heterocycles. The number of methoxy groups -OCH3 is 1. The van der Waals surface area contributed by atoms with Gasteiger partial charge in [-0.2, -0.15) is 0 Å². The van der Waals surface area contributed by atoms with Crippen molar-refractivity contribution in [3.05, 3.63) is 30.3 Å². The minimum atomic E-state index is 0.0966. The zero-order chi connectivity index (χ0) is 12.4. The number of hydrogen-bond donors (Lipinski definition) is 3. The third-order valence-electron chi connectivity index (χ3n) is 2.44. The first kappa shape index (κ1) is 11.1. The van der Waals surface area contributed by atoms with Crippen LogP contribution in [0.3, 0.4) is 0 Å². The Kier molecular flexibility index (Phi) is 2.74. The number of hydrogen-bond acceptors (Lipinski definition) is 5. The van der Waals surface area contributed by atoms with Gasteiger partial charge in [-0.05, 0) is 12.1 Å². The summed E-state index contributed by atoms with van der Waals surface area (Å²) < 4.78 is 5.02. The van der Waals surface area contributed by atoms with Crippen molar-refractivity contribution in [2.45, 2.75) is 0 Å². The fourth-order valence-corrected chi connectivity index (χ4v) is 1.53. The number of aromatic hydroxyl groups is 1. The van der Waals surface area contributed by atoms with Gasteiger partial charge in [-0.3, -0.25) is 0 Å². The van der Waals surface area contributed by atoms with E-state index < -0.39 is 0 Å². The Balaban J connectivity index is 2.67. The number of rotatable bonds is 2. The summed E-state index contributed by atoms with van der Waals surface area (Å²) in [5.74, 6) is 0.453.